The summed E-state index contributed by atoms with van der Waals surface area (Å²) in [4.78, 5) is 13.3. The summed E-state index contributed by atoms with van der Waals surface area (Å²) in [5.74, 6) is -0.233. The Hall–Kier alpha value is -1.27. The van der Waals surface area contributed by atoms with Gasteiger partial charge in [-0.15, -0.1) is 0 Å². The minimum atomic E-state index is -1.79. The van der Waals surface area contributed by atoms with Crippen molar-refractivity contribution in [2.75, 3.05) is 19.8 Å². The SMILES string of the molecule is CCCCCCCCCCC/C=C/C(O)C(COC1OC(CO)C(OC2OC(CO)C(O)C(O)C2O)C(O)C1O)NC(=O)CCCCCCCCCCCCCCCCCCCCCCCCCCCCCCCCCCCCCCCCCCC. The molecule has 12 unspecified atom stereocenters. The lowest BCUT2D eigenvalue weighted by Crippen LogP contribution is -2.65. The first kappa shape index (κ1) is 80.8. The van der Waals surface area contributed by atoms with Crippen LogP contribution in [-0.4, -0.2) is 140 Å². The summed E-state index contributed by atoms with van der Waals surface area (Å²) in [6, 6.07) is -0.909. The summed E-state index contributed by atoms with van der Waals surface area (Å²) in [5, 5.41) is 87.1. The van der Waals surface area contributed by atoms with Gasteiger partial charge in [0.2, 0.25) is 5.91 Å². The van der Waals surface area contributed by atoms with E-state index >= 15 is 0 Å². The van der Waals surface area contributed by atoms with Crippen LogP contribution < -0.4 is 5.32 Å². The van der Waals surface area contributed by atoms with Gasteiger partial charge in [-0.2, -0.15) is 0 Å². The number of unbranched alkanes of at least 4 members (excludes halogenated alkanes) is 49. The quantitative estimate of drug-likeness (QED) is 0.0204. The van der Waals surface area contributed by atoms with E-state index in [2.05, 4.69) is 19.2 Å². The van der Waals surface area contributed by atoms with Crippen LogP contribution in [0, 0.1) is 0 Å². The van der Waals surface area contributed by atoms with Crippen molar-refractivity contribution in [3.63, 3.8) is 0 Å². The van der Waals surface area contributed by atoms with E-state index in [4.69, 9.17) is 18.9 Å². The lowest BCUT2D eigenvalue weighted by atomic mass is 9.97. The van der Waals surface area contributed by atoms with Crippen LogP contribution in [-0.2, 0) is 23.7 Å². The molecule has 0 saturated carbocycles. The van der Waals surface area contributed by atoms with E-state index in [1.165, 1.54) is 283 Å². The molecule has 510 valence electrons. The van der Waals surface area contributed by atoms with Gasteiger partial charge in [-0.25, -0.2) is 0 Å². The Balaban J connectivity index is 1.49. The van der Waals surface area contributed by atoms with Crippen LogP contribution in [0.1, 0.15) is 348 Å². The Bertz CT molecular complexity index is 1490. The molecule has 0 spiro atoms. The van der Waals surface area contributed by atoms with Crippen molar-refractivity contribution in [2.24, 2.45) is 0 Å². The molecule has 2 aliphatic rings. The summed E-state index contributed by atoms with van der Waals surface area (Å²) in [6.07, 6.45) is 54.8. The molecule has 12 atom stereocenters. The van der Waals surface area contributed by atoms with Crippen LogP contribution in [0.3, 0.4) is 0 Å². The zero-order valence-electron chi connectivity index (χ0n) is 55.6. The van der Waals surface area contributed by atoms with E-state index in [0.29, 0.717) is 6.42 Å². The molecule has 2 aliphatic heterocycles. The molecular formula is C72H139NO13. The van der Waals surface area contributed by atoms with Crippen molar-refractivity contribution in [1.82, 2.24) is 5.32 Å². The molecule has 0 aromatic rings. The molecule has 86 heavy (non-hydrogen) atoms. The van der Waals surface area contributed by atoms with Crippen molar-refractivity contribution in [3.8, 4) is 0 Å². The number of carbonyl (C=O) groups excluding carboxylic acids is 1. The predicted octanol–water partition coefficient (Wildman–Crippen LogP) is 15.4. The number of aliphatic hydroxyl groups excluding tert-OH is 8. The smallest absolute Gasteiger partial charge is 0.220 e. The summed E-state index contributed by atoms with van der Waals surface area (Å²) in [6.45, 7) is 2.82. The lowest BCUT2D eigenvalue weighted by molar-refractivity contribution is -0.359. The average Bonchev–Trinajstić information content (AvgIpc) is 2.16. The van der Waals surface area contributed by atoms with Gasteiger partial charge < -0.3 is 65.1 Å². The standard InChI is InChI=1S/C72H139NO13/c1-3-5-7-9-11-13-15-16-17-18-19-20-21-22-23-24-25-26-27-28-29-30-31-32-33-34-35-36-37-38-39-40-41-42-43-44-46-48-50-52-54-56-64(77)73-60(61(76)55-53-51-49-47-45-14-12-10-8-6-4-2)59-83-71-69(82)67(80)70(63(58-75)85-71)86-72-68(81)66(79)65(78)62(57-74)84-72/h53,55,60-63,65-72,74-76,78-82H,3-52,54,56-59H2,1-2H3,(H,73,77)/b55-53+. The number of ether oxygens (including phenoxy) is 4. The molecule has 0 aromatic heterocycles. The maximum Gasteiger partial charge on any atom is 0.220 e. The number of hydrogen-bond acceptors (Lipinski definition) is 13. The number of allylic oxidation sites excluding steroid dienone is 1. The number of amides is 1. The van der Waals surface area contributed by atoms with E-state index < -0.39 is 86.8 Å². The predicted molar refractivity (Wildman–Crippen MR) is 351 cm³/mol. The molecular weight excluding hydrogens is 1090 g/mol. The second-order valence-corrected chi connectivity index (χ2v) is 26.4. The van der Waals surface area contributed by atoms with Crippen molar-refractivity contribution in [3.05, 3.63) is 12.2 Å². The van der Waals surface area contributed by atoms with Crippen molar-refractivity contribution in [1.29, 1.82) is 0 Å². The van der Waals surface area contributed by atoms with Gasteiger partial charge in [-0.05, 0) is 19.3 Å². The number of aliphatic hydroxyl groups is 8. The van der Waals surface area contributed by atoms with Crippen LogP contribution in [0.4, 0.5) is 0 Å². The van der Waals surface area contributed by atoms with Gasteiger partial charge >= 0.3 is 0 Å². The maximum absolute atomic E-state index is 13.3. The van der Waals surface area contributed by atoms with Crippen LogP contribution in [0.15, 0.2) is 12.2 Å². The van der Waals surface area contributed by atoms with E-state index in [1.54, 1.807) is 6.08 Å². The molecule has 2 saturated heterocycles. The van der Waals surface area contributed by atoms with Gasteiger partial charge in [0.25, 0.3) is 0 Å². The summed E-state index contributed by atoms with van der Waals surface area (Å²) < 4.78 is 22.8. The Kier molecular flexibility index (Phi) is 54.1. The van der Waals surface area contributed by atoms with Crippen LogP contribution >= 0.6 is 0 Å². The zero-order chi connectivity index (χ0) is 62.3. The number of carbonyl (C=O) groups is 1. The third-order valence-corrected chi connectivity index (χ3v) is 18.5. The van der Waals surface area contributed by atoms with E-state index in [9.17, 15) is 45.6 Å². The van der Waals surface area contributed by atoms with Gasteiger partial charge in [0.05, 0.1) is 32.0 Å². The van der Waals surface area contributed by atoms with Crippen LogP contribution in [0.25, 0.3) is 0 Å². The molecule has 0 radical (unpaired) electrons. The molecule has 0 aromatic carbocycles. The first-order chi connectivity index (χ1) is 42.1. The fourth-order valence-corrected chi connectivity index (χ4v) is 12.6. The fraction of sp³-hybridized carbons (Fsp3) is 0.958. The fourth-order valence-electron chi connectivity index (χ4n) is 12.6. The van der Waals surface area contributed by atoms with Gasteiger partial charge in [0.15, 0.2) is 12.6 Å². The highest BCUT2D eigenvalue weighted by Gasteiger charge is 2.51. The van der Waals surface area contributed by atoms with Crippen LogP contribution in [0.5, 0.6) is 0 Å². The average molecular weight is 1230 g/mol. The van der Waals surface area contributed by atoms with Gasteiger partial charge in [0.1, 0.15) is 48.8 Å². The molecule has 14 nitrogen and oxygen atoms in total. The molecule has 1 amide bonds. The molecule has 0 bridgehead atoms. The van der Waals surface area contributed by atoms with Gasteiger partial charge in [-0.3, -0.25) is 4.79 Å². The molecule has 9 N–H and O–H groups in total. The number of rotatable bonds is 62. The third kappa shape index (κ3) is 41.3. The minimum absolute atomic E-state index is 0.233. The largest absolute Gasteiger partial charge is 0.394 e. The molecule has 2 heterocycles. The van der Waals surface area contributed by atoms with Crippen molar-refractivity contribution >= 4 is 5.91 Å². The Morgan fingerprint density at radius 3 is 1.07 bits per heavy atom. The highest BCUT2D eigenvalue weighted by molar-refractivity contribution is 5.76. The highest BCUT2D eigenvalue weighted by atomic mass is 16.7. The van der Waals surface area contributed by atoms with Crippen molar-refractivity contribution in [2.45, 2.75) is 421 Å². The first-order valence-corrected chi connectivity index (χ1v) is 36.9. The summed E-state index contributed by atoms with van der Waals surface area (Å²) in [7, 11) is 0. The zero-order valence-corrected chi connectivity index (χ0v) is 55.6. The molecule has 14 heteroatoms. The van der Waals surface area contributed by atoms with Gasteiger partial charge in [-0.1, -0.05) is 334 Å². The summed E-state index contributed by atoms with van der Waals surface area (Å²) >= 11 is 0. The molecule has 2 fully saturated rings. The topological polar surface area (TPSA) is 228 Å². The van der Waals surface area contributed by atoms with E-state index in [0.717, 1.165) is 38.5 Å². The maximum atomic E-state index is 13.3. The Morgan fingerprint density at radius 1 is 0.407 bits per heavy atom. The molecule has 0 aliphatic carbocycles. The number of hydrogen-bond donors (Lipinski definition) is 9. The monoisotopic (exact) mass is 1230 g/mol. The van der Waals surface area contributed by atoms with E-state index in [-0.39, 0.29) is 18.9 Å². The van der Waals surface area contributed by atoms with Crippen LogP contribution in [0.2, 0.25) is 0 Å². The van der Waals surface area contributed by atoms with Crippen molar-refractivity contribution < 1.29 is 64.6 Å². The van der Waals surface area contributed by atoms with Gasteiger partial charge in [0, 0.05) is 6.42 Å². The first-order valence-electron chi connectivity index (χ1n) is 36.9. The normalized spacial score (nSPS) is 23.4. The number of nitrogens with one attached hydrogen (secondary N) is 1. The highest BCUT2D eigenvalue weighted by Crippen LogP contribution is 2.30. The van der Waals surface area contributed by atoms with E-state index in [1.807, 2.05) is 6.08 Å². The Labute approximate surface area is 526 Å². The Morgan fingerprint density at radius 2 is 0.721 bits per heavy atom. The third-order valence-electron chi connectivity index (χ3n) is 18.5. The minimum Gasteiger partial charge on any atom is -0.394 e. The lowest BCUT2D eigenvalue weighted by Gasteiger charge is -2.46. The summed E-state index contributed by atoms with van der Waals surface area (Å²) in [5.41, 5.74) is 0. The second-order valence-electron chi connectivity index (χ2n) is 26.4. The molecule has 2 rings (SSSR count). The second kappa shape index (κ2) is 57.6.